The zero-order valence-electron chi connectivity index (χ0n) is 11.2. The lowest BCUT2D eigenvalue weighted by atomic mass is 10.0. The molecule has 0 aromatic carbocycles. The van der Waals surface area contributed by atoms with Crippen LogP contribution in [0.5, 0.6) is 0 Å². The van der Waals surface area contributed by atoms with E-state index < -0.39 is 22.1 Å². The van der Waals surface area contributed by atoms with E-state index in [4.69, 9.17) is 5.11 Å². The number of nitrogens with zero attached hydrogens (tertiary/aromatic N) is 1. The quantitative estimate of drug-likeness (QED) is 0.868. The van der Waals surface area contributed by atoms with Crippen molar-refractivity contribution in [3.05, 3.63) is 15.8 Å². The molecule has 0 saturated carbocycles. The maximum absolute atomic E-state index is 12.6. The first-order valence-electron chi connectivity index (χ1n) is 6.24. The highest BCUT2D eigenvalue weighted by Gasteiger charge is 2.37. The summed E-state index contributed by atoms with van der Waals surface area (Å²) >= 11 is 0.922. The molecule has 2 N–H and O–H groups in total. The Bertz CT molecular complexity index is 620. The van der Waals surface area contributed by atoms with E-state index in [0.717, 1.165) is 11.3 Å². The van der Waals surface area contributed by atoms with Gasteiger partial charge in [-0.2, -0.15) is 4.31 Å². The fraction of sp³-hybridized carbons (Fsp3) is 0.583. The summed E-state index contributed by atoms with van der Waals surface area (Å²) in [6.07, 6.45) is 0.0142. The predicted molar refractivity (Wildman–Crippen MR) is 74.6 cm³/mol. The van der Waals surface area contributed by atoms with Crippen molar-refractivity contribution in [2.75, 3.05) is 13.1 Å². The van der Waals surface area contributed by atoms with Crippen molar-refractivity contribution in [2.45, 2.75) is 31.3 Å². The Hall–Kier alpha value is -0.960. The molecule has 6 nitrogen and oxygen atoms in total. The lowest BCUT2D eigenvalue weighted by molar-refractivity contribution is 0.0698. The summed E-state index contributed by atoms with van der Waals surface area (Å²) in [4.78, 5) is 10.9. The Morgan fingerprint density at radius 3 is 2.70 bits per heavy atom. The van der Waals surface area contributed by atoms with Crippen LogP contribution in [0.1, 0.15) is 28.6 Å². The normalized spacial score (nSPS) is 22.1. The first-order chi connectivity index (χ1) is 9.25. The third-order valence-electron chi connectivity index (χ3n) is 3.58. The van der Waals surface area contributed by atoms with Gasteiger partial charge in [-0.1, -0.05) is 0 Å². The van der Waals surface area contributed by atoms with Gasteiger partial charge in [-0.05, 0) is 37.1 Å². The minimum atomic E-state index is -3.82. The summed E-state index contributed by atoms with van der Waals surface area (Å²) in [5.74, 6) is -1.33. The van der Waals surface area contributed by atoms with Crippen LogP contribution in [0.15, 0.2) is 10.3 Å². The third-order valence-corrected chi connectivity index (χ3v) is 6.85. The van der Waals surface area contributed by atoms with E-state index in [9.17, 15) is 18.3 Å². The van der Waals surface area contributed by atoms with Crippen molar-refractivity contribution in [1.29, 1.82) is 0 Å². The number of carbonyl (C=O) groups is 1. The van der Waals surface area contributed by atoms with Crippen LogP contribution in [0.25, 0.3) is 0 Å². The average molecular weight is 319 g/mol. The van der Waals surface area contributed by atoms with Crippen LogP contribution in [0, 0.1) is 12.8 Å². The highest BCUT2D eigenvalue weighted by molar-refractivity contribution is 7.89. The molecule has 0 bridgehead atoms. The maximum Gasteiger partial charge on any atom is 0.347 e. The van der Waals surface area contributed by atoms with Crippen LogP contribution in [-0.2, 0) is 10.0 Å². The molecule has 0 radical (unpaired) electrons. The summed E-state index contributed by atoms with van der Waals surface area (Å²) in [6, 6.07) is 0. The number of carboxylic acids is 1. The van der Waals surface area contributed by atoms with Gasteiger partial charge in [0.15, 0.2) is 0 Å². The number of aromatic carboxylic acids is 1. The Labute approximate surface area is 121 Å². The Balaban J connectivity index is 2.37. The van der Waals surface area contributed by atoms with E-state index in [1.54, 1.807) is 19.2 Å². The monoisotopic (exact) mass is 319 g/mol. The predicted octanol–water partition coefficient (Wildman–Crippen LogP) is 1.15. The summed E-state index contributed by atoms with van der Waals surface area (Å²) in [6.45, 7) is 3.78. The molecule has 1 fully saturated rings. The van der Waals surface area contributed by atoms with Crippen LogP contribution >= 0.6 is 11.3 Å². The number of sulfonamides is 1. The van der Waals surface area contributed by atoms with Crippen molar-refractivity contribution >= 4 is 27.3 Å². The number of carboxylic acid groups (broad SMARTS) is 1. The van der Waals surface area contributed by atoms with Crippen molar-refractivity contribution in [2.24, 2.45) is 5.92 Å². The van der Waals surface area contributed by atoms with Crippen LogP contribution in [0.2, 0.25) is 0 Å². The van der Waals surface area contributed by atoms with E-state index in [0.29, 0.717) is 18.5 Å². The number of aliphatic hydroxyl groups is 1. The fourth-order valence-electron chi connectivity index (χ4n) is 2.40. The molecular formula is C12H17NO5S2. The van der Waals surface area contributed by atoms with Crippen LogP contribution < -0.4 is 0 Å². The molecule has 1 aliphatic rings. The van der Waals surface area contributed by atoms with Gasteiger partial charge in [0.2, 0.25) is 10.0 Å². The number of aliphatic hydroxyl groups excluding tert-OH is 1. The maximum atomic E-state index is 12.6. The molecule has 8 heteroatoms. The smallest absolute Gasteiger partial charge is 0.347 e. The second-order valence-electron chi connectivity index (χ2n) is 5.03. The molecule has 20 heavy (non-hydrogen) atoms. The van der Waals surface area contributed by atoms with Gasteiger partial charge in [-0.15, -0.1) is 11.3 Å². The topological polar surface area (TPSA) is 94.9 Å². The molecular weight excluding hydrogens is 302 g/mol. The van der Waals surface area contributed by atoms with Gasteiger partial charge in [0.25, 0.3) is 0 Å². The highest BCUT2D eigenvalue weighted by Crippen LogP contribution is 2.32. The van der Waals surface area contributed by atoms with Crippen molar-refractivity contribution < 1.29 is 23.4 Å². The standard InChI is InChI=1S/C12H17NO5S2/c1-7-6-19-10(12(15)16)11(7)20(17,18)13-4-3-9(5-13)8(2)14/h6,8-9,14H,3-5H2,1-2H3,(H,15,16). The van der Waals surface area contributed by atoms with Crippen LogP contribution in [-0.4, -0.2) is 48.1 Å². The molecule has 1 aliphatic heterocycles. The number of hydrogen-bond acceptors (Lipinski definition) is 5. The van der Waals surface area contributed by atoms with E-state index in [1.807, 2.05) is 0 Å². The van der Waals surface area contributed by atoms with Crippen molar-refractivity contribution in [3.63, 3.8) is 0 Å². The zero-order chi connectivity index (χ0) is 15.1. The summed E-state index contributed by atoms with van der Waals surface area (Å²) in [7, 11) is -3.82. The van der Waals surface area contributed by atoms with E-state index in [2.05, 4.69) is 0 Å². The molecule has 2 atom stereocenters. The molecule has 112 valence electrons. The summed E-state index contributed by atoms with van der Waals surface area (Å²) in [5, 5.41) is 20.2. The van der Waals surface area contributed by atoms with Crippen molar-refractivity contribution in [1.82, 2.24) is 4.31 Å². The first kappa shape index (κ1) is 15.4. The van der Waals surface area contributed by atoms with Gasteiger partial charge >= 0.3 is 5.97 Å². The minimum Gasteiger partial charge on any atom is -0.477 e. The van der Waals surface area contributed by atoms with Gasteiger partial charge in [0.1, 0.15) is 9.77 Å². The van der Waals surface area contributed by atoms with Gasteiger partial charge in [-0.25, -0.2) is 13.2 Å². The molecule has 2 heterocycles. The molecule has 0 aliphatic carbocycles. The van der Waals surface area contributed by atoms with E-state index in [-0.39, 0.29) is 22.2 Å². The molecule has 1 saturated heterocycles. The number of thiophene rings is 1. The summed E-state index contributed by atoms with van der Waals surface area (Å²) < 4.78 is 26.5. The Morgan fingerprint density at radius 2 is 2.20 bits per heavy atom. The van der Waals surface area contributed by atoms with Gasteiger partial charge < -0.3 is 10.2 Å². The Kier molecular flexibility index (Phi) is 4.19. The fourth-order valence-corrected chi connectivity index (χ4v) is 5.49. The van der Waals surface area contributed by atoms with Crippen molar-refractivity contribution in [3.8, 4) is 0 Å². The largest absolute Gasteiger partial charge is 0.477 e. The number of rotatable bonds is 4. The van der Waals surface area contributed by atoms with E-state index in [1.165, 1.54) is 4.31 Å². The molecule has 2 rings (SSSR count). The van der Waals surface area contributed by atoms with Crippen LogP contribution in [0.4, 0.5) is 0 Å². The van der Waals surface area contributed by atoms with E-state index >= 15 is 0 Å². The lowest BCUT2D eigenvalue weighted by Gasteiger charge is -2.18. The highest BCUT2D eigenvalue weighted by atomic mass is 32.2. The van der Waals surface area contributed by atoms with Gasteiger partial charge in [-0.3, -0.25) is 0 Å². The molecule has 1 aromatic rings. The molecule has 0 spiro atoms. The lowest BCUT2D eigenvalue weighted by Crippen LogP contribution is -2.31. The summed E-state index contributed by atoms with van der Waals surface area (Å²) in [5.41, 5.74) is 0.452. The zero-order valence-corrected chi connectivity index (χ0v) is 12.9. The molecule has 2 unspecified atom stereocenters. The Morgan fingerprint density at radius 1 is 1.55 bits per heavy atom. The average Bonchev–Trinajstić information content (AvgIpc) is 2.94. The second-order valence-corrected chi connectivity index (χ2v) is 7.79. The van der Waals surface area contributed by atoms with Gasteiger partial charge in [0.05, 0.1) is 6.10 Å². The number of aryl methyl sites for hydroxylation is 1. The molecule has 1 aromatic heterocycles. The number of hydrogen-bond donors (Lipinski definition) is 2. The first-order valence-corrected chi connectivity index (χ1v) is 8.56. The molecule has 0 amide bonds. The minimum absolute atomic E-state index is 0.100. The SMILES string of the molecule is Cc1csc(C(=O)O)c1S(=O)(=O)N1CCC(C(C)O)C1. The van der Waals surface area contributed by atoms with Gasteiger partial charge in [0, 0.05) is 13.1 Å². The third kappa shape index (κ3) is 2.60. The second kappa shape index (κ2) is 5.44. The van der Waals surface area contributed by atoms with Crippen LogP contribution in [0.3, 0.4) is 0 Å².